The van der Waals surface area contributed by atoms with Crippen molar-refractivity contribution in [2.24, 2.45) is 20.9 Å². The molecule has 0 aromatic rings. The molecule has 1 fully saturated rings. The Morgan fingerprint density at radius 1 is 0.963 bits per heavy atom. The molecule has 0 aromatic carbocycles. The number of rotatable bonds is 2. The lowest BCUT2D eigenvalue weighted by molar-refractivity contribution is 0.286. The zero-order valence-electron chi connectivity index (χ0n) is 16.6. The quantitative estimate of drug-likeness (QED) is 0.747. The summed E-state index contributed by atoms with van der Waals surface area (Å²) in [6.07, 6.45) is 16.7. The zero-order chi connectivity index (χ0) is 18.4. The largest absolute Gasteiger partial charge is 0.362 e. The van der Waals surface area contributed by atoms with Gasteiger partial charge in [0, 0.05) is 34.2 Å². The molecule has 2 unspecified atom stereocenters. The Morgan fingerprint density at radius 2 is 1.78 bits per heavy atom. The highest BCUT2D eigenvalue weighted by Gasteiger charge is 2.44. The molecule has 2 atom stereocenters. The SMILES string of the molecule is CC(C)CC12CCC(=N1)/C=C1/CC/C(=C/C3=NC(=C\C4=NC2CC4)/CC3)N1. The summed E-state index contributed by atoms with van der Waals surface area (Å²) in [7, 11) is 0. The van der Waals surface area contributed by atoms with E-state index in [0.717, 1.165) is 57.8 Å². The van der Waals surface area contributed by atoms with Gasteiger partial charge < -0.3 is 5.32 Å². The predicted octanol–water partition coefficient (Wildman–Crippen LogP) is 4.89. The fourth-order valence-corrected chi connectivity index (χ4v) is 5.36. The molecule has 5 aliphatic rings. The Morgan fingerprint density at radius 3 is 2.59 bits per heavy atom. The van der Waals surface area contributed by atoms with Crippen molar-refractivity contribution in [2.45, 2.75) is 83.2 Å². The average Bonchev–Trinajstić information content (AvgIpc) is 3.37. The number of fused-ring (bicyclic) bond motifs is 6. The van der Waals surface area contributed by atoms with Gasteiger partial charge in [-0.2, -0.15) is 0 Å². The van der Waals surface area contributed by atoms with Crippen LogP contribution in [0, 0.1) is 5.92 Å². The molecule has 0 radical (unpaired) electrons. The Kier molecular flexibility index (Phi) is 4.18. The third-order valence-corrected chi connectivity index (χ3v) is 6.48. The summed E-state index contributed by atoms with van der Waals surface area (Å²) in [4.78, 5) is 15.4. The monoisotopic (exact) mass is 362 g/mol. The molecule has 0 aromatic heterocycles. The second-order valence-corrected chi connectivity index (χ2v) is 9.18. The van der Waals surface area contributed by atoms with Crippen LogP contribution in [-0.4, -0.2) is 28.7 Å². The van der Waals surface area contributed by atoms with Gasteiger partial charge in [-0.1, -0.05) is 13.8 Å². The van der Waals surface area contributed by atoms with Crippen molar-refractivity contribution in [3.63, 3.8) is 0 Å². The van der Waals surface area contributed by atoms with Crippen molar-refractivity contribution < 1.29 is 0 Å². The molecule has 0 amide bonds. The first-order valence-corrected chi connectivity index (χ1v) is 10.7. The van der Waals surface area contributed by atoms with E-state index in [1.807, 2.05) is 0 Å². The summed E-state index contributed by atoms with van der Waals surface area (Å²) in [6.45, 7) is 4.64. The Hall–Kier alpha value is -1.97. The normalized spacial score (nSPS) is 37.8. The molecule has 8 bridgehead atoms. The van der Waals surface area contributed by atoms with Crippen LogP contribution in [0.15, 0.2) is 50.3 Å². The number of aliphatic imine (C=N–C) groups is 3. The smallest absolute Gasteiger partial charge is 0.0840 e. The molecule has 5 aliphatic heterocycles. The Balaban J connectivity index is 1.58. The predicted molar refractivity (Wildman–Crippen MR) is 113 cm³/mol. The first-order valence-electron chi connectivity index (χ1n) is 10.7. The average molecular weight is 363 g/mol. The topological polar surface area (TPSA) is 49.1 Å². The van der Waals surface area contributed by atoms with Gasteiger partial charge >= 0.3 is 0 Å². The third kappa shape index (κ3) is 3.35. The maximum atomic E-state index is 5.34. The van der Waals surface area contributed by atoms with Gasteiger partial charge in [0.15, 0.2) is 0 Å². The van der Waals surface area contributed by atoms with E-state index in [0.29, 0.717) is 12.0 Å². The maximum Gasteiger partial charge on any atom is 0.0840 e. The van der Waals surface area contributed by atoms with E-state index in [2.05, 4.69) is 37.4 Å². The number of nitrogens with zero attached hydrogens (tertiary/aromatic N) is 3. The number of nitrogens with one attached hydrogen (secondary N) is 1. The summed E-state index contributed by atoms with van der Waals surface area (Å²) in [6, 6.07) is 0.336. The maximum absolute atomic E-state index is 5.34. The lowest BCUT2D eigenvalue weighted by atomic mass is 9.80. The van der Waals surface area contributed by atoms with Crippen LogP contribution >= 0.6 is 0 Å². The van der Waals surface area contributed by atoms with Gasteiger partial charge in [0.25, 0.3) is 0 Å². The van der Waals surface area contributed by atoms with Crippen molar-refractivity contribution in [2.75, 3.05) is 0 Å². The van der Waals surface area contributed by atoms with Gasteiger partial charge in [-0.05, 0) is 81.9 Å². The molecular weight excluding hydrogens is 332 g/mol. The highest BCUT2D eigenvalue weighted by atomic mass is 15.0. The molecule has 0 aliphatic carbocycles. The molecular formula is C23H30N4. The molecule has 0 saturated carbocycles. The minimum Gasteiger partial charge on any atom is -0.362 e. The lowest BCUT2D eigenvalue weighted by Gasteiger charge is -2.32. The van der Waals surface area contributed by atoms with Crippen molar-refractivity contribution in [3.8, 4) is 0 Å². The highest BCUT2D eigenvalue weighted by molar-refractivity contribution is 6.01. The standard InChI is InChI=1S/C23H30N4/c1-15(2)14-23-10-9-21(27-23)13-19-6-5-17(25-19)11-16-3-4-18(24-16)12-20-7-8-22(23)26-20/h11-13,15,22,25H,3-10,14H2,1-2H3/b17-11-,18-12-,19-13-. The Labute approximate surface area is 162 Å². The summed E-state index contributed by atoms with van der Waals surface area (Å²) in [5, 5.41) is 3.63. The molecule has 5 rings (SSSR count). The van der Waals surface area contributed by atoms with Gasteiger partial charge in [0.1, 0.15) is 0 Å². The van der Waals surface area contributed by atoms with Crippen LogP contribution < -0.4 is 5.32 Å². The zero-order valence-corrected chi connectivity index (χ0v) is 16.6. The minimum atomic E-state index is 0.00235. The Bertz CT molecular complexity index is 836. The van der Waals surface area contributed by atoms with Crippen molar-refractivity contribution >= 4 is 17.1 Å². The van der Waals surface area contributed by atoms with E-state index in [1.54, 1.807) is 0 Å². The van der Waals surface area contributed by atoms with Crippen LogP contribution in [0.4, 0.5) is 0 Å². The molecule has 142 valence electrons. The van der Waals surface area contributed by atoms with Crippen molar-refractivity contribution in [3.05, 3.63) is 35.3 Å². The minimum absolute atomic E-state index is 0.00235. The van der Waals surface area contributed by atoms with Crippen LogP contribution in [0.5, 0.6) is 0 Å². The van der Waals surface area contributed by atoms with E-state index in [1.165, 1.54) is 34.2 Å². The molecule has 4 heteroatoms. The molecule has 27 heavy (non-hydrogen) atoms. The van der Waals surface area contributed by atoms with E-state index in [9.17, 15) is 0 Å². The highest BCUT2D eigenvalue weighted by Crippen LogP contribution is 2.41. The summed E-state index contributed by atoms with van der Waals surface area (Å²) in [5.74, 6) is 0.640. The molecule has 5 heterocycles. The van der Waals surface area contributed by atoms with Gasteiger partial charge in [-0.15, -0.1) is 0 Å². The van der Waals surface area contributed by atoms with Crippen molar-refractivity contribution in [1.29, 1.82) is 0 Å². The summed E-state index contributed by atoms with van der Waals surface area (Å²) >= 11 is 0. The first-order chi connectivity index (χ1) is 13.1. The fourth-order valence-electron chi connectivity index (χ4n) is 5.36. The lowest BCUT2D eigenvalue weighted by Crippen LogP contribution is -2.37. The van der Waals surface area contributed by atoms with Crippen LogP contribution in [0.3, 0.4) is 0 Å². The second-order valence-electron chi connectivity index (χ2n) is 9.18. The van der Waals surface area contributed by atoms with E-state index < -0.39 is 0 Å². The summed E-state index contributed by atoms with van der Waals surface area (Å²) in [5.41, 5.74) is 7.57. The van der Waals surface area contributed by atoms with Gasteiger partial charge in [0.05, 0.1) is 11.6 Å². The number of hydrogen-bond donors (Lipinski definition) is 1. The van der Waals surface area contributed by atoms with Crippen LogP contribution in [-0.2, 0) is 0 Å². The molecule has 4 nitrogen and oxygen atoms in total. The molecule has 1 N–H and O–H groups in total. The fraction of sp³-hybridized carbons (Fsp3) is 0.609. The van der Waals surface area contributed by atoms with Crippen molar-refractivity contribution in [1.82, 2.24) is 5.32 Å². The number of hydrogen-bond acceptors (Lipinski definition) is 4. The van der Waals surface area contributed by atoms with Gasteiger partial charge in [-0.3, -0.25) is 15.0 Å². The van der Waals surface area contributed by atoms with Crippen LogP contribution in [0.2, 0.25) is 0 Å². The second kappa shape index (κ2) is 6.57. The van der Waals surface area contributed by atoms with E-state index >= 15 is 0 Å². The van der Waals surface area contributed by atoms with Gasteiger partial charge in [-0.25, -0.2) is 0 Å². The summed E-state index contributed by atoms with van der Waals surface area (Å²) < 4.78 is 0. The van der Waals surface area contributed by atoms with E-state index in [-0.39, 0.29) is 5.54 Å². The first kappa shape index (κ1) is 17.2. The van der Waals surface area contributed by atoms with E-state index in [4.69, 9.17) is 15.0 Å². The van der Waals surface area contributed by atoms with Gasteiger partial charge in [0.2, 0.25) is 0 Å². The van der Waals surface area contributed by atoms with Crippen LogP contribution in [0.25, 0.3) is 0 Å². The molecule has 1 saturated heterocycles. The third-order valence-electron chi connectivity index (χ3n) is 6.48. The molecule has 0 spiro atoms. The number of allylic oxidation sites excluding steroid dienone is 6. The van der Waals surface area contributed by atoms with Crippen LogP contribution in [0.1, 0.15) is 71.6 Å².